The summed E-state index contributed by atoms with van der Waals surface area (Å²) < 4.78 is 44.5. The number of fused-ring (bicyclic) bond motifs is 1. The van der Waals surface area contributed by atoms with Gasteiger partial charge < -0.3 is 20.3 Å². The summed E-state index contributed by atoms with van der Waals surface area (Å²) in [6.45, 7) is 3.65. The van der Waals surface area contributed by atoms with Crippen molar-refractivity contribution < 1.29 is 22.7 Å². The number of nitrogens with one attached hydrogen (secondary N) is 2. The lowest BCUT2D eigenvalue weighted by Crippen LogP contribution is -2.54. The van der Waals surface area contributed by atoms with Gasteiger partial charge in [0.2, 0.25) is 0 Å². The van der Waals surface area contributed by atoms with Gasteiger partial charge in [0, 0.05) is 24.8 Å². The van der Waals surface area contributed by atoms with Gasteiger partial charge in [-0.25, -0.2) is 4.79 Å². The van der Waals surface area contributed by atoms with Gasteiger partial charge >= 0.3 is 12.2 Å². The van der Waals surface area contributed by atoms with Crippen molar-refractivity contribution in [2.45, 2.75) is 25.2 Å². The molecular weight excluding hydrogens is 431 g/mol. The predicted molar refractivity (Wildman–Crippen MR) is 122 cm³/mol. The molecule has 4 rings (SSSR count). The maximum atomic E-state index is 13.0. The van der Waals surface area contributed by atoms with Crippen LogP contribution in [0.3, 0.4) is 0 Å². The Morgan fingerprint density at radius 2 is 1.88 bits per heavy atom. The van der Waals surface area contributed by atoms with E-state index < -0.39 is 17.8 Å². The molecule has 1 aliphatic heterocycles. The Labute approximate surface area is 190 Å². The molecule has 2 N–H and O–H groups in total. The van der Waals surface area contributed by atoms with Crippen LogP contribution in [0.25, 0.3) is 10.8 Å². The van der Waals surface area contributed by atoms with E-state index in [0.29, 0.717) is 26.3 Å². The first kappa shape index (κ1) is 23.1. The third kappa shape index (κ3) is 5.46. The predicted octanol–water partition coefficient (Wildman–Crippen LogP) is 5.44. The minimum Gasteiger partial charge on any atom is -0.377 e. The van der Waals surface area contributed by atoms with Crippen LogP contribution >= 0.6 is 0 Å². The summed E-state index contributed by atoms with van der Waals surface area (Å²) in [6.07, 6.45) is -4.47. The number of amides is 2. The minimum absolute atomic E-state index is 0.0337. The van der Waals surface area contributed by atoms with Crippen molar-refractivity contribution in [3.63, 3.8) is 0 Å². The van der Waals surface area contributed by atoms with E-state index in [1.165, 1.54) is 17.5 Å². The fraction of sp³-hybridized carbons (Fsp3) is 0.320. The van der Waals surface area contributed by atoms with E-state index in [9.17, 15) is 18.0 Å². The Morgan fingerprint density at radius 1 is 1.12 bits per heavy atom. The van der Waals surface area contributed by atoms with Gasteiger partial charge in [-0.15, -0.1) is 0 Å². The number of hydrogen-bond acceptors (Lipinski definition) is 3. The van der Waals surface area contributed by atoms with Crippen LogP contribution in [-0.2, 0) is 10.9 Å². The minimum atomic E-state index is -4.47. The van der Waals surface area contributed by atoms with Gasteiger partial charge in [-0.1, -0.05) is 48.5 Å². The molecule has 3 aromatic rings. The van der Waals surface area contributed by atoms with Crippen molar-refractivity contribution in [2.75, 3.05) is 31.6 Å². The molecule has 2 atom stereocenters. The number of hydrogen-bond donors (Lipinski definition) is 2. The molecule has 2 unspecified atom stereocenters. The zero-order chi connectivity index (χ0) is 23.4. The van der Waals surface area contributed by atoms with Crippen LogP contribution in [0, 0.1) is 0 Å². The molecule has 1 saturated heterocycles. The second kappa shape index (κ2) is 9.80. The van der Waals surface area contributed by atoms with Crippen molar-refractivity contribution in [1.82, 2.24) is 10.2 Å². The first-order valence-corrected chi connectivity index (χ1v) is 10.9. The van der Waals surface area contributed by atoms with E-state index in [0.717, 1.165) is 23.1 Å². The number of urea groups is 1. The molecule has 0 spiro atoms. The van der Waals surface area contributed by atoms with Gasteiger partial charge in [0.25, 0.3) is 0 Å². The van der Waals surface area contributed by atoms with Crippen LogP contribution in [0.1, 0.15) is 24.1 Å². The fourth-order valence-corrected chi connectivity index (χ4v) is 4.11. The SMILES string of the molecule is CC(NCC1COCCN1C(=O)Nc1cccc(C(F)(F)F)c1)c1cccc2ccccc12. The van der Waals surface area contributed by atoms with E-state index >= 15 is 0 Å². The molecule has 5 nitrogen and oxygen atoms in total. The number of alkyl halides is 3. The Kier molecular flexibility index (Phi) is 6.85. The lowest BCUT2D eigenvalue weighted by Gasteiger charge is -2.36. The Morgan fingerprint density at radius 3 is 2.70 bits per heavy atom. The van der Waals surface area contributed by atoms with Crippen LogP contribution in [0.4, 0.5) is 23.7 Å². The van der Waals surface area contributed by atoms with Crippen LogP contribution in [-0.4, -0.2) is 43.3 Å². The highest BCUT2D eigenvalue weighted by Crippen LogP contribution is 2.31. The molecule has 0 aliphatic carbocycles. The molecule has 1 fully saturated rings. The molecule has 174 valence electrons. The normalized spacial score (nSPS) is 17.7. The zero-order valence-electron chi connectivity index (χ0n) is 18.2. The van der Waals surface area contributed by atoms with Crippen LogP contribution in [0.5, 0.6) is 0 Å². The third-order valence-corrected chi connectivity index (χ3v) is 5.88. The number of benzene rings is 3. The monoisotopic (exact) mass is 457 g/mol. The van der Waals surface area contributed by atoms with E-state index in [1.54, 1.807) is 4.90 Å². The largest absolute Gasteiger partial charge is 0.416 e. The Bertz CT molecular complexity index is 1110. The average molecular weight is 457 g/mol. The van der Waals surface area contributed by atoms with E-state index in [-0.39, 0.29) is 17.8 Å². The summed E-state index contributed by atoms with van der Waals surface area (Å²) in [7, 11) is 0. The number of ether oxygens (including phenoxy) is 1. The first-order chi connectivity index (χ1) is 15.8. The van der Waals surface area contributed by atoms with Crippen LogP contribution in [0.2, 0.25) is 0 Å². The summed E-state index contributed by atoms with van der Waals surface area (Å²) in [5, 5.41) is 8.41. The van der Waals surface area contributed by atoms with Crippen molar-refractivity contribution in [2.24, 2.45) is 0 Å². The molecule has 1 aliphatic rings. The number of rotatable bonds is 5. The number of carbonyl (C=O) groups is 1. The Hall–Kier alpha value is -3.10. The van der Waals surface area contributed by atoms with Crippen LogP contribution in [0.15, 0.2) is 66.7 Å². The molecule has 0 aromatic heterocycles. The second-order valence-corrected chi connectivity index (χ2v) is 8.13. The first-order valence-electron chi connectivity index (χ1n) is 10.9. The lowest BCUT2D eigenvalue weighted by atomic mass is 9.99. The van der Waals surface area contributed by atoms with Gasteiger partial charge in [-0.3, -0.25) is 0 Å². The van der Waals surface area contributed by atoms with Crippen LogP contribution < -0.4 is 10.6 Å². The molecule has 2 amide bonds. The molecule has 33 heavy (non-hydrogen) atoms. The molecule has 0 bridgehead atoms. The second-order valence-electron chi connectivity index (χ2n) is 8.13. The van der Waals surface area contributed by atoms with Crippen molar-refractivity contribution in [3.05, 3.63) is 77.9 Å². The number of anilines is 1. The van der Waals surface area contributed by atoms with E-state index in [1.807, 2.05) is 18.2 Å². The summed E-state index contributed by atoms with van der Waals surface area (Å²) in [5.74, 6) is 0. The quantitative estimate of drug-likeness (QED) is 0.536. The molecule has 0 radical (unpaired) electrons. The van der Waals surface area contributed by atoms with Gasteiger partial charge in [-0.05, 0) is 41.5 Å². The zero-order valence-corrected chi connectivity index (χ0v) is 18.2. The topological polar surface area (TPSA) is 53.6 Å². The van der Waals surface area contributed by atoms with Crippen molar-refractivity contribution in [1.29, 1.82) is 0 Å². The van der Waals surface area contributed by atoms with Gasteiger partial charge in [0.05, 0.1) is 24.8 Å². The van der Waals surface area contributed by atoms with E-state index in [2.05, 4.69) is 41.8 Å². The highest BCUT2D eigenvalue weighted by Gasteiger charge is 2.31. The molecular formula is C25H26F3N3O2. The summed E-state index contributed by atoms with van der Waals surface area (Å²) in [5.41, 5.74) is 0.464. The van der Waals surface area contributed by atoms with Gasteiger partial charge in [0.1, 0.15) is 0 Å². The number of carbonyl (C=O) groups excluding carboxylic acids is 1. The lowest BCUT2D eigenvalue weighted by molar-refractivity contribution is -0.137. The van der Waals surface area contributed by atoms with Gasteiger partial charge in [0.15, 0.2) is 0 Å². The number of morpholine rings is 1. The number of nitrogens with zero attached hydrogens (tertiary/aromatic N) is 1. The Balaban J connectivity index is 1.42. The summed E-state index contributed by atoms with van der Waals surface area (Å²) in [4.78, 5) is 14.5. The fourth-order valence-electron chi connectivity index (χ4n) is 4.11. The average Bonchev–Trinajstić information content (AvgIpc) is 2.82. The standard InChI is InChI=1S/C25H26F3N3O2/c1-17(22-11-4-7-18-6-2-3-10-23(18)22)29-15-21-16-33-13-12-31(21)24(32)30-20-9-5-8-19(14-20)25(26,27)28/h2-11,14,17,21,29H,12-13,15-16H2,1H3,(H,30,32). The van der Waals surface area contributed by atoms with Crippen molar-refractivity contribution in [3.8, 4) is 0 Å². The molecule has 0 saturated carbocycles. The summed E-state index contributed by atoms with van der Waals surface area (Å²) >= 11 is 0. The maximum absolute atomic E-state index is 13.0. The van der Waals surface area contributed by atoms with Gasteiger partial charge in [-0.2, -0.15) is 13.2 Å². The third-order valence-electron chi connectivity index (χ3n) is 5.88. The highest BCUT2D eigenvalue weighted by atomic mass is 19.4. The molecule has 8 heteroatoms. The maximum Gasteiger partial charge on any atom is 0.416 e. The molecule has 3 aromatic carbocycles. The smallest absolute Gasteiger partial charge is 0.377 e. The highest BCUT2D eigenvalue weighted by molar-refractivity contribution is 5.89. The summed E-state index contributed by atoms with van der Waals surface area (Å²) in [6, 6.07) is 18.3. The van der Waals surface area contributed by atoms with Crippen molar-refractivity contribution >= 4 is 22.5 Å². The number of halogens is 3. The molecule has 1 heterocycles. The van der Waals surface area contributed by atoms with E-state index in [4.69, 9.17) is 4.74 Å².